The molecule has 1 aromatic rings. The Hall–Kier alpha value is -2.06. The van der Waals surface area contributed by atoms with Gasteiger partial charge in [0.05, 0.1) is 0 Å². The number of benzene rings is 1. The molecule has 29 heavy (non-hydrogen) atoms. The third-order valence-corrected chi connectivity index (χ3v) is 8.24. The fourth-order valence-corrected chi connectivity index (χ4v) is 6.26. The van der Waals surface area contributed by atoms with Crippen molar-refractivity contribution in [2.45, 2.75) is 58.2 Å². The molecule has 5 rings (SSSR count). The fraction of sp³-hybridized carbons (Fsp3) is 0.481. The highest BCUT2D eigenvalue weighted by Gasteiger charge is 2.58. The van der Waals surface area contributed by atoms with E-state index in [4.69, 9.17) is 0 Å². The molecule has 2 N–H and O–H groups in total. The number of para-hydroxylation sites is 1. The van der Waals surface area contributed by atoms with Crippen molar-refractivity contribution < 1.29 is 0 Å². The summed E-state index contributed by atoms with van der Waals surface area (Å²) in [7, 11) is 0. The predicted octanol–water partition coefficient (Wildman–Crippen LogP) is 5.88. The van der Waals surface area contributed by atoms with Gasteiger partial charge in [0.15, 0.2) is 0 Å². The molecular weight excluding hydrogens is 352 g/mol. The van der Waals surface area contributed by atoms with Crippen LogP contribution in [-0.4, -0.2) is 18.1 Å². The van der Waals surface area contributed by atoms with E-state index in [9.17, 15) is 0 Å². The molecule has 0 aromatic heterocycles. The van der Waals surface area contributed by atoms with Gasteiger partial charge in [-0.1, -0.05) is 87.1 Å². The Morgan fingerprint density at radius 3 is 2.66 bits per heavy atom. The third-order valence-electron chi connectivity index (χ3n) is 8.24. The van der Waals surface area contributed by atoms with E-state index >= 15 is 0 Å². The van der Waals surface area contributed by atoms with Crippen LogP contribution in [0.3, 0.4) is 0 Å². The molecule has 2 nitrogen and oxygen atoms in total. The first kappa shape index (κ1) is 18.9. The summed E-state index contributed by atoms with van der Waals surface area (Å²) in [5.41, 5.74) is 3.17. The van der Waals surface area contributed by atoms with E-state index in [1.807, 2.05) is 0 Å². The Morgan fingerprint density at radius 2 is 1.83 bits per heavy atom. The summed E-state index contributed by atoms with van der Waals surface area (Å²) in [5, 5.41) is 7.80. The summed E-state index contributed by atoms with van der Waals surface area (Å²) >= 11 is 0. The van der Waals surface area contributed by atoms with E-state index in [-0.39, 0.29) is 10.8 Å². The van der Waals surface area contributed by atoms with Gasteiger partial charge in [-0.3, -0.25) is 0 Å². The van der Waals surface area contributed by atoms with Crippen molar-refractivity contribution in [1.29, 1.82) is 0 Å². The molecule has 1 heterocycles. The van der Waals surface area contributed by atoms with Gasteiger partial charge in [0.2, 0.25) is 0 Å². The van der Waals surface area contributed by atoms with Crippen LogP contribution in [0.1, 0.15) is 40.0 Å². The molecule has 1 aliphatic heterocycles. The van der Waals surface area contributed by atoms with Gasteiger partial charge in [-0.2, -0.15) is 0 Å². The van der Waals surface area contributed by atoms with Crippen LogP contribution >= 0.6 is 0 Å². The summed E-state index contributed by atoms with van der Waals surface area (Å²) in [6.45, 7) is 7.27. The zero-order valence-electron chi connectivity index (χ0n) is 17.9. The van der Waals surface area contributed by atoms with Gasteiger partial charge < -0.3 is 10.6 Å². The van der Waals surface area contributed by atoms with Crippen LogP contribution in [0.5, 0.6) is 0 Å². The number of rotatable bonds is 3. The normalized spacial score (nSPS) is 42.9. The lowest BCUT2D eigenvalue weighted by atomic mass is 9.57. The second-order valence-electron chi connectivity index (χ2n) is 10.0. The molecule has 0 spiro atoms. The molecule has 0 amide bonds. The van der Waals surface area contributed by atoms with Gasteiger partial charge in [-0.15, -0.1) is 0 Å². The first-order valence-electron chi connectivity index (χ1n) is 11.3. The van der Waals surface area contributed by atoms with E-state index < -0.39 is 0 Å². The Bertz CT molecular complexity index is 879. The molecular formula is C27H34N2. The van der Waals surface area contributed by atoms with E-state index in [1.54, 1.807) is 5.57 Å². The Morgan fingerprint density at radius 1 is 1.00 bits per heavy atom. The van der Waals surface area contributed by atoms with Crippen LogP contribution in [0, 0.1) is 22.7 Å². The summed E-state index contributed by atoms with van der Waals surface area (Å²) in [6.07, 6.45) is 20.5. The highest BCUT2D eigenvalue weighted by Crippen LogP contribution is 2.57. The fourth-order valence-electron chi connectivity index (χ4n) is 6.26. The van der Waals surface area contributed by atoms with Crippen molar-refractivity contribution in [2.24, 2.45) is 22.7 Å². The molecule has 4 aliphatic rings. The lowest BCUT2D eigenvalue weighted by Crippen LogP contribution is -2.44. The molecule has 7 atom stereocenters. The molecule has 2 heteroatoms. The number of fused-ring (bicyclic) bond motifs is 3. The largest absolute Gasteiger partial charge is 0.381 e. The lowest BCUT2D eigenvalue weighted by Gasteiger charge is -2.46. The monoisotopic (exact) mass is 386 g/mol. The summed E-state index contributed by atoms with van der Waals surface area (Å²) in [6, 6.07) is 12.2. The molecule has 7 unspecified atom stereocenters. The lowest BCUT2D eigenvalue weighted by molar-refractivity contribution is 0.186. The zero-order valence-corrected chi connectivity index (χ0v) is 17.9. The van der Waals surface area contributed by atoms with Gasteiger partial charge in [0.1, 0.15) is 0 Å². The number of hydrogen-bond donors (Lipinski definition) is 2. The van der Waals surface area contributed by atoms with E-state index in [2.05, 4.69) is 104 Å². The Labute approximate surface area is 175 Å². The molecule has 3 aliphatic carbocycles. The number of allylic oxidation sites excluding steroid dienone is 3. The minimum atomic E-state index is 0.145. The van der Waals surface area contributed by atoms with Crippen molar-refractivity contribution in [3.63, 3.8) is 0 Å². The topological polar surface area (TPSA) is 24.1 Å². The van der Waals surface area contributed by atoms with E-state index in [0.29, 0.717) is 30.0 Å². The molecule has 1 saturated heterocycles. The third kappa shape index (κ3) is 3.04. The molecule has 1 aromatic carbocycles. The highest BCUT2D eigenvalue weighted by molar-refractivity contribution is 5.46. The van der Waals surface area contributed by atoms with Crippen molar-refractivity contribution in [3.05, 3.63) is 78.4 Å². The summed E-state index contributed by atoms with van der Waals surface area (Å²) in [5.74, 6) is 1.11. The van der Waals surface area contributed by atoms with Gasteiger partial charge >= 0.3 is 0 Å². The predicted molar refractivity (Wildman–Crippen MR) is 123 cm³/mol. The van der Waals surface area contributed by atoms with Crippen molar-refractivity contribution >= 4 is 5.69 Å². The maximum atomic E-state index is 3.94. The van der Waals surface area contributed by atoms with E-state index in [1.165, 1.54) is 24.9 Å². The van der Waals surface area contributed by atoms with Crippen molar-refractivity contribution in [3.8, 4) is 0 Å². The van der Waals surface area contributed by atoms with Crippen LogP contribution in [0.15, 0.2) is 78.4 Å². The smallest absolute Gasteiger partial charge is 0.0366 e. The Balaban J connectivity index is 1.48. The minimum absolute atomic E-state index is 0.145. The van der Waals surface area contributed by atoms with Crippen molar-refractivity contribution in [1.82, 2.24) is 5.32 Å². The number of anilines is 1. The molecule has 152 valence electrons. The van der Waals surface area contributed by atoms with Crippen molar-refractivity contribution in [2.75, 3.05) is 5.32 Å². The number of nitrogens with one attached hydrogen (secondary N) is 2. The van der Waals surface area contributed by atoms with Gasteiger partial charge in [-0.25, -0.2) is 0 Å². The SMILES string of the molecule is CC1C=CC(C2=CC3(C)C(CC2)NC2C=CC=CC23C)C(Nc2ccccc2)C1. The van der Waals surface area contributed by atoms with Gasteiger partial charge in [0.25, 0.3) is 0 Å². The molecule has 1 fully saturated rings. The minimum Gasteiger partial charge on any atom is -0.381 e. The quantitative estimate of drug-likeness (QED) is 0.634. The first-order valence-corrected chi connectivity index (χ1v) is 11.3. The second-order valence-corrected chi connectivity index (χ2v) is 10.0. The van der Waals surface area contributed by atoms with Crippen LogP contribution in [0.25, 0.3) is 0 Å². The average molecular weight is 387 g/mol. The average Bonchev–Trinajstić information content (AvgIpc) is 2.95. The van der Waals surface area contributed by atoms with Gasteiger partial charge in [0, 0.05) is 40.6 Å². The van der Waals surface area contributed by atoms with Crippen LogP contribution < -0.4 is 10.6 Å². The maximum absolute atomic E-state index is 3.94. The highest BCUT2D eigenvalue weighted by atomic mass is 15.1. The maximum Gasteiger partial charge on any atom is 0.0366 e. The van der Waals surface area contributed by atoms with Crippen LogP contribution in [-0.2, 0) is 0 Å². The van der Waals surface area contributed by atoms with Gasteiger partial charge in [-0.05, 0) is 37.3 Å². The molecule has 0 bridgehead atoms. The molecule has 0 radical (unpaired) electrons. The number of hydrogen-bond acceptors (Lipinski definition) is 2. The Kier molecular flexibility index (Phi) is 4.58. The standard InChI is InChI=1S/C27H34N2/c1-19-12-14-22(23(17-19)28-21-9-5-4-6-10-21)20-13-15-25-27(3,18-20)26(2)16-8-7-11-24(26)29-25/h4-12,14,16,18-19,22-25,28-29H,13,15,17H2,1-3H3. The summed E-state index contributed by atoms with van der Waals surface area (Å²) in [4.78, 5) is 0. The van der Waals surface area contributed by atoms with Crippen LogP contribution in [0.4, 0.5) is 5.69 Å². The summed E-state index contributed by atoms with van der Waals surface area (Å²) < 4.78 is 0. The van der Waals surface area contributed by atoms with Crippen LogP contribution in [0.2, 0.25) is 0 Å². The zero-order chi connectivity index (χ0) is 20.1. The molecule has 0 saturated carbocycles. The first-order chi connectivity index (χ1) is 14.0. The second kappa shape index (κ2) is 7.02. The van der Waals surface area contributed by atoms with E-state index in [0.717, 1.165) is 0 Å².